The van der Waals surface area contributed by atoms with Crippen LogP contribution >= 0.6 is 0 Å². The van der Waals surface area contributed by atoms with Crippen LogP contribution in [0.15, 0.2) is 77.8 Å². The summed E-state index contributed by atoms with van der Waals surface area (Å²) in [5.74, 6) is 2.75. The highest BCUT2D eigenvalue weighted by molar-refractivity contribution is 5.79. The molecule has 2 N–H and O–H groups in total. The van der Waals surface area contributed by atoms with Crippen molar-refractivity contribution in [3.63, 3.8) is 0 Å². The van der Waals surface area contributed by atoms with Crippen molar-refractivity contribution in [3.8, 4) is 17.2 Å². The van der Waals surface area contributed by atoms with E-state index in [1.54, 1.807) is 28.4 Å². The lowest BCUT2D eigenvalue weighted by Crippen LogP contribution is -2.39. The van der Waals surface area contributed by atoms with E-state index in [2.05, 4.69) is 64.2 Å². The second-order valence-electron chi connectivity index (χ2n) is 7.21. The topological polar surface area (TPSA) is 64.1 Å². The number of aliphatic imine (C=N–C) groups is 1. The van der Waals surface area contributed by atoms with E-state index in [-0.39, 0.29) is 5.92 Å². The molecule has 0 saturated heterocycles. The molecule has 0 bridgehead atoms. The fourth-order valence-electron chi connectivity index (χ4n) is 3.64. The molecule has 0 aliphatic heterocycles. The summed E-state index contributed by atoms with van der Waals surface area (Å²) in [5, 5.41) is 6.84. The molecule has 0 amide bonds. The first-order valence-corrected chi connectivity index (χ1v) is 10.5. The molecule has 3 rings (SSSR count). The van der Waals surface area contributed by atoms with Crippen LogP contribution in [0.2, 0.25) is 0 Å². The predicted molar refractivity (Wildman–Crippen MR) is 129 cm³/mol. The van der Waals surface area contributed by atoms with Crippen LogP contribution in [0.25, 0.3) is 0 Å². The maximum Gasteiger partial charge on any atom is 0.203 e. The van der Waals surface area contributed by atoms with Crippen molar-refractivity contribution in [2.45, 2.75) is 12.5 Å². The van der Waals surface area contributed by atoms with Crippen LogP contribution in [0.3, 0.4) is 0 Å². The lowest BCUT2D eigenvalue weighted by molar-refractivity contribution is 0.323. The molecule has 0 heterocycles. The first-order chi connectivity index (χ1) is 15.7. The maximum atomic E-state index is 5.45. The van der Waals surface area contributed by atoms with E-state index in [0.717, 1.165) is 11.5 Å². The minimum atomic E-state index is 0.206. The number of methoxy groups -OCH3 is 3. The summed E-state index contributed by atoms with van der Waals surface area (Å²) < 4.78 is 16.3. The third-order valence-corrected chi connectivity index (χ3v) is 5.29. The number of benzene rings is 3. The Morgan fingerprint density at radius 3 is 1.75 bits per heavy atom. The maximum absolute atomic E-state index is 5.45. The van der Waals surface area contributed by atoms with Gasteiger partial charge in [0.2, 0.25) is 5.75 Å². The van der Waals surface area contributed by atoms with E-state index in [1.165, 1.54) is 11.1 Å². The number of hydrogen-bond donors (Lipinski definition) is 2. The zero-order valence-electron chi connectivity index (χ0n) is 19.1. The van der Waals surface area contributed by atoms with Gasteiger partial charge in [-0.15, -0.1) is 0 Å². The average molecular weight is 434 g/mol. The third kappa shape index (κ3) is 5.72. The Labute approximate surface area is 190 Å². The van der Waals surface area contributed by atoms with Gasteiger partial charge in [-0.2, -0.15) is 0 Å². The lowest BCUT2D eigenvalue weighted by Gasteiger charge is -2.21. The molecule has 3 aromatic carbocycles. The Bertz CT molecular complexity index is 943. The summed E-state index contributed by atoms with van der Waals surface area (Å²) in [7, 11) is 6.59. The Balaban J connectivity index is 1.70. The van der Waals surface area contributed by atoms with Gasteiger partial charge < -0.3 is 24.8 Å². The molecule has 0 fully saturated rings. The van der Waals surface area contributed by atoms with Crippen LogP contribution in [-0.2, 0) is 6.54 Å². The standard InChI is InChI=1S/C26H31N3O3/c1-27-26(28-17-19-15-23(30-2)25(32-4)24(16-19)31-3)29-18-22(20-11-7-5-8-12-20)21-13-9-6-10-14-21/h5-16,22H,17-18H2,1-4H3,(H2,27,28,29). The van der Waals surface area contributed by atoms with Gasteiger partial charge in [-0.1, -0.05) is 60.7 Å². The van der Waals surface area contributed by atoms with E-state index in [4.69, 9.17) is 14.2 Å². The smallest absolute Gasteiger partial charge is 0.203 e. The quantitative estimate of drug-likeness (QED) is 0.391. The fourth-order valence-corrected chi connectivity index (χ4v) is 3.64. The molecule has 3 aromatic rings. The van der Waals surface area contributed by atoms with Gasteiger partial charge in [-0.3, -0.25) is 4.99 Å². The molecule has 6 heteroatoms. The number of guanidine groups is 1. The van der Waals surface area contributed by atoms with Crippen LogP contribution < -0.4 is 24.8 Å². The molecule has 0 radical (unpaired) electrons. The first kappa shape index (κ1) is 23.0. The number of ether oxygens (including phenoxy) is 3. The number of hydrogen-bond acceptors (Lipinski definition) is 4. The van der Waals surface area contributed by atoms with Gasteiger partial charge in [-0.25, -0.2) is 0 Å². The summed E-state index contributed by atoms with van der Waals surface area (Å²) in [5.41, 5.74) is 3.50. The monoisotopic (exact) mass is 433 g/mol. The molecule has 32 heavy (non-hydrogen) atoms. The minimum Gasteiger partial charge on any atom is -0.493 e. The number of nitrogens with zero attached hydrogens (tertiary/aromatic N) is 1. The van der Waals surface area contributed by atoms with Crippen molar-refractivity contribution in [2.75, 3.05) is 34.9 Å². The molecular formula is C26H31N3O3. The summed E-state index contributed by atoms with van der Waals surface area (Å²) in [6, 6.07) is 24.9. The van der Waals surface area contributed by atoms with Crippen molar-refractivity contribution in [1.29, 1.82) is 0 Å². The summed E-state index contributed by atoms with van der Waals surface area (Å²) in [6.45, 7) is 1.26. The van der Waals surface area contributed by atoms with Crippen LogP contribution in [0, 0.1) is 0 Å². The molecule has 0 unspecified atom stereocenters. The Kier molecular flexibility index (Phi) is 8.37. The predicted octanol–water partition coefficient (Wildman–Crippen LogP) is 4.21. The van der Waals surface area contributed by atoms with Gasteiger partial charge in [-0.05, 0) is 28.8 Å². The largest absolute Gasteiger partial charge is 0.493 e. The molecule has 6 nitrogen and oxygen atoms in total. The third-order valence-electron chi connectivity index (χ3n) is 5.29. The van der Waals surface area contributed by atoms with Crippen molar-refractivity contribution in [2.24, 2.45) is 4.99 Å². The van der Waals surface area contributed by atoms with E-state index in [1.807, 2.05) is 24.3 Å². The Morgan fingerprint density at radius 1 is 0.781 bits per heavy atom. The second-order valence-corrected chi connectivity index (χ2v) is 7.21. The second kappa shape index (κ2) is 11.6. The molecule has 168 valence electrons. The van der Waals surface area contributed by atoms with Crippen molar-refractivity contribution < 1.29 is 14.2 Å². The molecular weight excluding hydrogens is 402 g/mol. The highest BCUT2D eigenvalue weighted by Crippen LogP contribution is 2.38. The molecule has 0 saturated carbocycles. The normalized spacial score (nSPS) is 11.2. The zero-order valence-corrected chi connectivity index (χ0v) is 19.1. The lowest BCUT2D eigenvalue weighted by atomic mass is 9.91. The summed E-state index contributed by atoms with van der Waals surface area (Å²) >= 11 is 0. The average Bonchev–Trinajstić information content (AvgIpc) is 2.86. The van der Waals surface area contributed by atoms with E-state index >= 15 is 0 Å². The Hall–Kier alpha value is -3.67. The first-order valence-electron chi connectivity index (χ1n) is 10.5. The Morgan fingerprint density at radius 2 is 1.31 bits per heavy atom. The van der Waals surface area contributed by atoms with Gasteiger partial charge in [0.1, 0.15) is 0 Å². The van der Waals surface area contributed by atoms with E-state index in [9.17, 15) is 0 Å². The highest BCUT2D eigenvalue weighted by atomic mass is 16.5. The van der Waals surface area contributed by atoms with Gasteiger partial charge in [0, 0.05) is 26.1 Å². The molecule has 0 aromatic heterocycles. The van der Waals surface area contributed by atoms with Gasteiger partial charge in [0.25, 0.3) is 0 Å². The summed E-state index contributed by atoms with van der Waals surface area (Å²) in [4.78, 5) is 4.39. The fraction of sp³-hybridized carbons (Fsp3) is 0.269. The number of rotatable bonds is 9. The van der Waals surface area contributed by atoms with Gasteiger partial charge in [0.15, 0.2) is 17.5 Å². The number of nitrogens with one attached hydrogen (secondary N) is 2. The molecule has 0 aliphatic rings. The van der Waals surface area contributed by atoms with Crippen LogP contribution in [0.4, 0.5) is 0 Å². The van der Waals surface area contributed by atoms with Crippen molar-refractivity contribution >= 4 is 5.96 Å². The summed E-state index contributed by atoms with van der Waals surface area (Å²) in [6.07, 6.45) is 0. The molecule has 0 spiro atoms. The molecule has 0 aliphatic carbocycles. The van der Waals surface area contributed by atoms with E-state index in [0.29, 0.717) is 30.3 Å². The minimum absolute atomic E-state index is 0.206. The van der Waals surface area contributed by atoms with Crippen LogP contribution in [0.1, 0.15) is 22.6 Å². The highest BCUT2D eigenvalue weighted by Gasteiger charge is 2.16. The zero-order chi connectivity index (χ0) is 22.8. The van der Waals surface area contributed by atoms with Crippen LogP contribution in [-0.4, -0.2) is 40.9 Å². The van der Waals surface area contributed by atoms with Crippen molar-refractivity contribution in [1.82, 2.24) is 10.6 Å². The van der Waals surface area contributed by atoms with Gasteiger partial charge in [0.05, 0.1) is 21.3 Å². The van der Waals surface area contributed by atoms with E-state index < -0.39 is 0 Å². The SMILES string of the molecule is CN=C(NCc1cc(OC)c(OC)c(OC)c1)NCC(c1ccccc1)c1ccccc1. The van der Waals surface area contributed by atoms with Crippen molar-refractivity contribution in [3.05, 3.63) is 89.5 Å². The van der Waals surface area contributed by atoms with Gasteiger partial charge >= 0.3 is 0 Å². The van der Waals surface area contributed by atoms with Crippen LogP contribution in [0.5, 0.6) is 17.2 Å². The molecule has 0 atom stereocenters.